The fraction of sp³-hybridized carbons (Fsp3) is 1.00. The molecule has 6 heteroatoms. The van der Waals surface area contributed by atoms with Crippen LogP contribution in [0.5, 0.6) is 0 Å². The maximum absolute atomic E-state index is 5.35. The van der Waals surface area contributed by atoms with E-state index in [0.29, 0.717) is 0 Å². The summed E-state index contributed by atoms with van der Waals surface area (Å²) in [7, 11) is 4.20. The predicted molar refractivity (Wildman–Crippen MR) is 89.7 cm³/mol. The van der Waals surface area contributed by atoms with Gasteiger partial charge in [0, 0.05) is 0 Å². The van der Waals surface area contributed by atoms with E-state index in [-0.39, 0.29) is 0 Å². The first-order valence-electron chi connectivity index (χ1n) is 7.79. The van der Waals surface area contributed by atoms with Crippen LogP contribution in [0.2, 0.25) is 0 Å². The second-order valence-corrected chi connectivity index (χ2v) is 5.18. The molecular weight excluding hydrogens is 252 g/mol. The molecule has 0 spiro atoms. The Bertz CT molecular complexity index is 134. The zero-order valence-corrected chi connectivity index (χ0v) is 13.7. The van der Waals surface area contributed by atoms with Gasteiger partial charge in [-0.25, -0.2) is 0 Å². The Kier molecular flexibility index (Phi) is 20.7. The molecule has 6 nitrogen and oxygen atoms in total. The number of rotatable bonds is 12. The van der Waals surface area contributed by atoms with Crippen molar-refractivity contribution in [1.82, 2.24) is 9.80 Å². The van der Waals surface area contributed by atoms with E-state index in [9.17, 15) is 0 Å². The Labute approximate surface area is 125 Å². The smallest absolute Gasteiger partial charge is 0.000976 e. The minimum atomic E-state index is 0.785. The summed E-state index contributed by atoms with van der Waals surface area (Å²) >= 11 is 0. The lowest BCUT2D eigenvalue weighted by atomic mass is 10.3. The van der Waals surface area contributed by atoms with E-state index in [2.05, 4.69) is 23.9 Å². The van der Waals surface area contributed by atoms with Gasteiger partial charge in [0.05, 0.1) is 0 Å². The molecule has 124 valence electrons. The summed E-state index contributed by atoms with van der Waals surface area (Å²) in [5, 5.41) is 0. The summed E-state index contributed by atoms with van der Waals surface area (Å²) in [5.41, 5.74) is 21.4. The van der Waals surface area contributed by atoms with Crippen LogP contribution in [0.25, 0.3) is 0 Å². The Hall–Kier alpha value is -0.240. The molecule has 0 amide bonds. The van der Waals surface area contributed by atoms with Crippen LogP contribution in [0.4, 0.5) is 0 Å². The number of hydrogen-bond acceptors (Lipinski definition) is 6. The van der Waals surface area contributed by atoms with E-state index in [1.807, 2.05) is 0 Å². The van der Waals surface area contributed by atoms with Gasteiger partial charge in [0.1, 0.15) is 0 Å². The molecule has 0 aliphatic rings. The molecule has 0 heterocycles. The summed E-state index contributed by atoms with van der Waals surface area (Å²) in [4.78, 5) is 4.53. The molecule has 8 N–H and O–H groups in total. The third-order valence-electron chi connectivity index (χ3n) is 2.98. The number of nitrogens with zero attached hydrogens (tertiary/aromatic N) is 2. The second-order valence-electron chi connectivity index (χ2n) is 5.18. The lowest BCUT2D eigenvalue weighted by Crippen LogP contribution is -2.24. The summed E-state index contributed by atoms with van der Waals surface area (Å²) in [6.45, 7) is 7.51. The number of nitrogens with two attached hydrogens (primary N) is 4. The minimum absolute atomic E-state index is 0.785. The van der Waals surface area contributed by atoms with Crippen molar-refractivity contribution in [2.75, 3.05) is 66.5 Å². The van der Waals surface area contributed by atoms with E-state index in [1.165, 1.54) is 0 Å². The lowest BCUT2D eigenvalue weighted by Gasteiger charge is -2.14. The molecule has 0 aliphatic carbocycles. The quantitative estimate of drug-likeness (QED) is 0.376. The first-order chi connectivity index (χ1) is 9.62. The van der Waals surface area contributed by atoms with Crippen molar-refractivity contribution in [3.05, 3.63) is 0 Å². The van der Waals surface area contributed by atoms with E-state index < -0.39 is 0 Å². The van der Waals surface area contributed by atoms with Gasteiger partial charge in [0.25, 0.3) is 0 Å². The highest BCUT2D eigenvalue weighted by molar-refractivity contribution is 4.52. The van der Waals surface area contributed by atoms with E-state index >= 15 is 0 Å². The Morgan fingerprint density at radius 2 is 0.700 bits per heavy atom. The number of hydrogen-bond donors (Lipinski definition) is 4. The van der Waals surface area contributed by atoms with Crippen molar-refractivity contribution in [2.45, 2.75) is 25.7 Å². The van der Waals surface area contributed by atoms with Crippen molar-refractivity contribution in [2.24, 2.45) is 22.9 Å². The standard InChI is InChI=1S/2C7H19N3/c2*1-10(6-2-4-8)7-3-5-9/h2*2-9H2,1H3. The highest BCUT2D eigenvalue weighted by atomic mass is 15.1. The van der Waals surface area contributed by atoms with Crippen LogP contribution >= 0.6 is 0 Å². The van der Waals surface area contributed by atoms with Crippen molar-refractivity contribution in [1.29, 1.82) is 0 Å². The van der Waals surface area contributed by atoms with Crippen LogP contribution in [-0.2, 0) is 0 Å². The van der Waals surface area contributed by atoms with E-state index in [4.69, 9.17) is 22.9 Å². The molecule has 0 aliphatic heterocycles. The Morgan fingerprint density at radius 1 is 0.500 bits per heavy atom. The molecule has 0 aromatic heterocycles. The molecule has 0 aromatic carbocycles. The average molecular weight is 291 g/mol. The summed E-state index contributed by atoms with van der Waals surface area (Å²) in [5.74, 6) is 0. The lowest BCUT2D eigenvalue weighted by molar-refractivity contribution is 0.329. The molecule has 0 unspecified atom stereocenters. The molecule has 20 heavy (non-hydrogen) atoms. The van der Waals surface area contributed by atoms with Gasteiger partial charge in [-0.1, -0.05) is 0 Å². The highest BCUT2D eigenvalue weighted by Gasteiger charge is 1.95. The Morgan fingerprint density at radius 3 is 0.850 bits per heavy atom. The molecule has 0 saturated carbocycles. The van der Waals surface area contributed by atoms with Gasteiger partial charge < -0.3 is 32.7 Å². The molecular formula is C14H38N6. The van der Waals surface area contributed by atoms with Crippen LogP contribution in [-0.4, -0.2) is 76.3 Å². The van der Waals surface area contributed by atoms with Crippen LogP contribution < -0.4 is 22.9 Å². The summed E-state index contributed by atoms with van der Waals surface area (Å²) < 4.78 is 0. The SMILES string of the molecule is CN(CCCN)CCCN.CN(CCCN)CCCN. The van der Waals surface area contributed by atoms with Gasteiger partial charge >= 0.3 is 0 Å². The molecule has 0 fully saturated rings. The van der Waals surface area contributed by atoms with Gasteiger partial charge in [-0.2, -0.15) is 0 Å². The van der Waals surface area contributed by atoms with E-state index in [1.54, 1.807) is 0 Å². The molecule has 0 radical (unpaired) electrons. The van der Waals surface area contributed by atoms with Crippen molar-refractivity contribution in [3.63, 3.8) is 0 Å². The average Bonchev–Trinajstić information content (AvgIpc) is 2.47. The fourth-order valence-electron chi connectivity index (χ4n) is 1.67. The Balaban J connectivity index is 0. The maximum Gasteiger partial charge on any atom is -0.000976 e. The van der Waals surface area contributed by atoms with Gasteiger partial charge in [0.2, 0.25) is 0 Å². The van der Waals surface area contributed by atoms with Gasteiger partial charge in [0.15, 0.2) is 0 Å². The molecule has 0 bridgehead atoms. The monoisotopic (exact) mass is 290 g/mol. The van der Waals surface area contributed by atoms with Gasteiger partial charge in [-0.05, 0) is 92.1 Å². The van der Waals surface area contributed by atoms with Crippen molar-refractivity contribution >= 4 is 0 Å². The maximum atomic E-state index is 5.35. The second kappa shape index (κ2) is 18.8. The van der Waals surface area contributed by atoms with Gasteiger partial charge in [-0.3, -0.25) is 0 Å². The van der Waals surface area contributed by atoms with Crippen LogP contribution in [0.1, 0.15) is 25.7 Å². The molecule has 0 atom stereocenters. The fourth-order valence-corrected chi connectivity index (χ4v) is 1.67. The zero-order valence-electron chi connectivity index (χ0n) is 13.7. The molecule has 0 rings (SSSR count). The van der Waals surface area contributed by atoms with Crippen LogP contribution in [0.3, 0.4) is 0 Å². The van der Waals surface area contributed by atoms with Crippen LogP contribution in [0, 0.1) is 0 Å². The largest absolute Gasteiger partial charge is 0.330 e. The zero-order chi connectivity index (χ0) is 15.6. The predicted octanol–water partition coefficient (Wildman–Crippen LogP) is -0.768. The van der Waals surface area contributed by atoms with Gasteiger partial charge in [-0.15, -0.1) is 0 Å². The minimum Gasteiger partial charge on any atom is -0.330 e. The normalized spacial score (nSPS) is 10.8. The van der Waals surface area contributed by atoms with Crippen molar-refractivity contribution < 1.29 is 0 Å². The summed E-state index contributed by atoms with van der Waals surface area (Å²) in [6.07, 6.45) is 4.34. The molecule has 0 saturated heterocycles. The van der Waals surface area contributed by atoms with E-state index in [0.717, 1.165) is 78.0 Å². The topological polar surface area (TPSA) is 111 Å². The third-order valence-corrected chi connectivity index (χ3v) is 2.98. The highest BCUT2D eigenvalue weighted by Crippen LogP contribution is 1.87. The van der Waals surface area contributed by atoms with Crippen molar-refractivity contribution in [3.8, 4) is 0 Å². The molecule has 0 aromatic rings. The summed E-state index contributed by atoms with van der Waals surface area (Å²) in [6, 6.07) is 0. The first kappa shape index (κ1) is 22.0. The third kappa shape index (κ3) is 20.1. The van der Waals surface area contributed by atoms with Crippen LogP contribution in [0.15, 0.2) is 0 Å². The first-order valence-corrected chi connectivity index (χ1v) is 7.79.